The summed E-state index contributed by atoms with van der Waals surface area (Å²) in [7, 11) is 5.14. The molecule has 0 bridgehead atoms. The number of ether oxygens (including phenoxy) is 2. The summed E-state index contributed by atoms with van der Waals surface area (Å²) in [6.45, 7) is 0.363. The number of rotatable bonds is 6. The minimum Gasteiger partial charge on any atom is -0.497 e. The second-order valence-corrected chi connectivity index (χ2v) is 3.50. The molecule has 0 aliphatic heterocycles. The third kappa shape index (κ3) is 3.02. The highest BCUT2D eigenvalue weighted by atomic mass is 19.1. The molecule has 0 unspecified atom stereocenters. The van der Waals surface area contributed by atoms with E-state index in [4.69, 9.17) is 9.47 Å². The molecule has 0 atom stereocenters. The number of alkyl halides is 1. The largest absolute Gasteiger partial charge is 0.497 e. The zero-order valence-electron chi connectivity index (χ0n) is 10.00. The zero-order chi connectivity index (χ0) is 12.0. The van der Waals surface area contributed by atoms with Crippen molar-refractivity contribution in [1.82, 2.24) is 0 Å². The minimum absolute atomic E-state index is 0.303. The molecule has 0 aliphatic rings. The molecule has 0 N–H and O–H groups in total. The predicted molar refractivity (Wildman–Crippen MR) is 63.4 cm³/mol. The molecule has 0 aromatic heterocycles. The van der Waals surface area contributed by atoms with E-state index in [0.717, 1.165) is 17.2 Å². The van der Waals surface area contributed by atoms with Crippen molar-refractivity contribution in [2.45, 2.75) is 6.42 Å². The number of nitrogens with zero attached hydrogens (tertiary/aromatic N) is 1. The molecule has 1 rings (SSSR count). The van der Waals surface area contributed by atoms with Crippen LogP contribution in [-0.2, 0) is 0 Å². The van der Waals surface area contributed by atoms with Gasteiger partial charge in [-0.2, -0.15) is 0 Å². The van der Waals surface area contributed by atoms with E-state index in [0.29, 0.717) is 13.0 Å². The lowest BCUT2D eigenvalue weighted by Gasteiger charge is -2.21. The average Bonchev–Trinajstić information content (AvgIpc) is 2.34. The number of benzene rings is 1. The Labute approximate surface area is 95.8 Å². The molecule has 4 heteroatoms. The molecule has 1 aromatic carbocycles. The molecule has 0 saturated carbocycles. The van der Waals surface area contributed by atoms with E-state index in [9.17, 15) is 4.39 Å². The number of halogens is 1. The summed E-state index contributed by atoms with van der Waals surface area (Å²) in [5, 5.41) is 0. The Kier molecular flexibility index (Phi) is 4.89. The number of hydrogen-bond donors (Lipinski definition) is 0. The maximum Gasteiger partial charge on any atom is 0.145 e. The Balaban J connectivity index is 2.85. The van der Waals surface area contributed by atoms with Gasteiger partial charge in [-0.3, -0.25) is 4.39 Å². The first-order chi connectivity index (χ1) is 7.72. The quantitative estimate of drug-likeness (QED) is 0.745. The standard InChI is InChI=1S/C12H18FNO2/c1-14(8-4-7-13)11-6-5-10(15-2)9-12(11)16-3/h5-6,9H,4,7-8H2,1-3H3. The maximum atomic E-state index is 12.1. The second-order valence-electron chi connectivity index (χ2n) is 3.50. The smallest absolute Gasteiger partial charge is 0.145 e. The molecule has 1 aromatic rings. The van der Waals surface area contributed by atoms with Gasteiger partial charge >= 0.3 is 0 Å². The molecule has 0 aliphatic carbocycles. The van der Waals surface area contributed by atoms with Crippen molar-refractivity contribution in [2.24, 2.45) is 0 Å². The minimum atomic E-state index is -0.303. The third-order valence-electron chi connectivity index (χ3n) is 2.43. The Morgan fingerprint density at radius 2 is 2.00 bits per heavy atom. The summed E-state index contributed by atoms with van der Waals surface area (Å²) in [5.74, 6) is 1.49. The van der Waals surface area contributed by atoms with Gasteiger partial charge in [0.15, 0.2) is 0 Å². The van der Waals surface area contributed by atoms with Crippen LogP contribution < -0.4 is 14.4 Å². The van der Waals surface area contributed by atoms with Crippen molar-refractivity contribution < 1.29 is 13.9 Å². The summed E-state index contributed by atoms with van der Waals surface area (Å²) in [5.41, 5.74) is 0.941. The van der Waals surface area contributed by atoms with Crippen LogP contribution in [0.3, 0.4) is 0 Å². The molecular weight excluding hydrogens is 209 g/mol. The number of anilines is 1. The molecule has 0 fully saturated rings. The summed E-state index contributed by atoms with van der Waals surface area (Å²) in [6.07, 6.45) is 0.520. The third-order valence-corrected chi connectivity index (χ3v) is 2.43. The van der Waals surface area contributed by atoms with Crippen LogP contribution in [0, 0.1) is 0 Å². The Morgan fingerprint density at radius 3 is 2.56 bits per heavy atom. The van der Waals surface area contributed by atoms with Gasteiger partial charge in [-0.1, -0.05) is 0 Å². The Bertz CT molecular complexity index is 331. The van der Waals surface area contributed by atoms with Crippen molar-refractivity contribution in [2.75, 3.05) is 39.4 Å². The van der Waals surface area contributed by atoms with Crippen LogP contribution in [0.5, 0.6) is 11.5 Å². The van der Waals surface area contributed by atoms with E-state index in [1.807, 2.05) is 30.1 Å². The summed E-state index contributed by atoms with van der Waals surface area (Å²) >= 11 is 0. The normalized spacial score (nSPS) is 10.0. The van der Waals surface area contributed by atoms with E-state index >= 15 is 0 Å². The second kappa shape index (κ2) is 6.20. The fourth-order valence-corrected chi connectivity index (χ4v) is 1.52. The van der Waals surface area contributed by atoms with Crippen molar-refractivity contribution in [3.63, 3.8) is 0 Å². The topological polar surface area (TPSA) is 21.7 Å². The predicted octanol–water partition coefficient (Wildman–Crippen LogP) is 2.50. The van der Waals surface area contributed by atoms with Gasteiger partial charge < -0.3 is 14.4 Å². The first-order valence-corrected chi connectivity index (χ1v) is 5.22. The van der Waals surface area contributed by atoms with Crippen LogP contribution in [0.15, 0.2) is 18.2 Å². The SMILES string of the molecule is COc1ccc(N(C)CCCF)c(OC)c1. The van der Waals surface area contributed by atoms with Gasteiger partial charge in [0.1, 0.15) is 11.5 Å². The van der Waals surface area contributed by atoms with Crippen molar-refractivity contribution in [3.8, 4) is 11.5 Å². The summed E-state index contributed by atoms with van der Waals surface area (Å²) < 4.78 is 22.5. The van der Waals surface area contributed by atoms with E-state index in [2.05, 4.69) is 0 Å². The molecular formula is C12H18FNO2. The molecule has 3 nitrogen and oxygen atoms in total. The van der Waals surface area contributed by atoms with Crippen molar-refractivity contribution >= 4 is 5.69 Å². The monoisotopic (exact) mass is 227 g/mol. The zero-order valence-corrected chi connectivity index (χ0v) is 10.00. The van der Waals surface area contributed by atoms with Gasteiger partial charge in [0, 0.05) is 19.7 Å². The lowest BCUT2D eigenvalue weighted by atomic mass is 10.2. The van der Waals surface area contributed by atoms with Gasteiger partial charge in [0.05, 0.1) is 26.6 Å². The fourth-order valence-electron chi connectivity index (χ4n) is 1.52. The molecule has 0 spiro atoms. The fraction of sp³-hybridized carbons (Fsp3) is 0.500. The lowest BCUT2D eigenvalue weighted by molar-refractivity contribution is 0.394. The first kappa shape index (κ1) is 12.6. The molecule has 16 heavy (non-hydrogen) atoms. The van der Waals surface area contributed by atoms with E-state index in [1.54, 1.807) is 14.2 Å². The lowest BCUT2D eigenvalue weighted by Crippen LogP contribution is -2.19. The van der Waals surface area contributed by atoms with Crippen molar-refractivity contribution in [1.29, 1.82) is 0 Å². The van der Waals surface area contributed by atoms with E-state index < -0.39 is 0 Å². The highest BCUT2D eigenvalue weighted by Crippen LogP contribution is 2.31. The number of hydrogen-bond acceptors (Lipinski definition) is 3. The summed E-state index contributed by atoms with van der Waals surface area (Å²) in [4.78, 5) is 1.97. The van der Waals surface area contributed by atoms with Crippen LogP contribution in [0.25, 0.3) is 0 Å². The van der Waals surface area contributed by atoms with Gasteiger partial charge in [0.25, 0.3) is 0 Å². The van der Waals surface area contributed by atoms with Gasteiger partial charge in [-0.05, 0) is 18.6 Å². The molecule has 0 heterocycles. The van der Waals surface area contributed by atoms with E-state index in [1.165, 1.54) is 0 Å². The molecule has 0 amide bonds. The Morgan fingerprint density at radius 1 is 1.25 bits per heavy atom. The molecule has 0 radical (unpaired) electrons. The average molecular weight is 227 g/mol. The molecule has 90 valence electrons. The maximum absolute atomic E-state index is 12.1. The highest BCUT2D eigenvalue weighted by Gasteiger charge is 2.08. The summed E-state index contributed by atoms with van der Waals surface area (Å²) in [6, 6.07) is 5.60. The molecule has 0 saturated heterocycles. The van der Waals surface area contributed by atoms with Gasteiger partial charge in [-0.25, -0.2) is 0 Å². The van der Waals surface area contributed by atoms with Crippen molar-refractivity contribution in [3.05, 3.63) is 18.2 Å². The van der Waals surface area contributed by atoms with Crippen LogP contribution in [0.2, 0.25) is 0 Å². The van der Waals surface area contributed by atoms with Crippen LogP contribution in [0.4, 0.5) is 10.1 Å². The van der Waals surface area contributed by atoms with Crippen LogP contribution >= 0.6 is 0 Å². The number of methoxy groups -OCH3 is 2. The highest BCUT2D eigenvalue weighted by molar-refractivity contribution is 5.60. The van der Waals surface area contributed by atoms with E-state index in [-0.39, 0.29) is 6.67 Å². The van der Waals surface area contributed by atoms with Gasteiger partial charge in [-0.15, -0.1) is 0 Å². The van der Waals surface area contributed by atoms with Gasteiger partial charge in [0.2, 0.25) is 0 Å². The van der Waals surface area contributed by atoms with Crippen LogP contribution in [-0.4, -0.2) is 34.5 Å². The van der Waals surface area contributed by atoms with Crippen LogP contribution in [0.1, 0.15) is 6.42 Å². The Hall–Kier alpha value is -1.45. The first-order valence-electron chi connectivity index (χ1n) is 5.22.